The fraction of sp³-hybridized carbons (Fsp3) is 0.733. The Hall–Kier alpha value is 2.00. The van der Waals surface area contributed by atoms with Crippen LogP contribution in [0.1, 0.15) is 194 Å². The van der Waals surface area contributed by atoms with Crippen LogP contribution in [0.3, 0.4) is 0 Å². The monoisotopic (exact) mass is 1060 g/mol. The predicted octanol–water partition coefficient (Wildman–Crippen LogP) is -0.483. The first-order valence-electron chi connectivity index (χ1n) is 23.1. The molecule has 0 heterocycles. The van der Waals surface area contributed by atoms with Gasteiger partial charge in [-0.05, 0) is 43.5 Å². The van der Waals surface area contributed by atoms with Crippen LogP contribution in [0.15, 0.2) is 70.5 Å². The number of unbranched alkanes of at least 4 members (excludes halogenated alkanes) is 24. The molecule has 0 fully saturated rings. The zero-order chi connectivity index (χ0) is 47.6. The van der Waals surface area contributed by atoms with Gasteiger partial charge in [-0.25, -0.2) is 8.42 Å². The van der Waals surface area contributed by atoms with Crippen molar-refractivity contribution in [3.05, 3.63) is 60.7 Å². The summed E-state index contributed by atoms with van der Waals surface area (Å²) < 4.78 is 126. The summed E-state index contributed by atoms with van der Waals surface area (Å²) in [6.07, 6.45) is 32.0. The van der Waals surface area contributed by atoms with E-state index < -0.39 is 41.0 Å². The first-order chi connectivity index (χ1) is 29.9. The first-order valence-corrected chi connectivity index (χ1v) is 28.5. The molecular formula is C45H79Na4O14S4+. The van der Waals surface area contributed by atoms with Crippen LogP contribution in [-0.4, -0.2) is 67.2 Å². The fourth-order valence-electron chi connectivity index (χ4n) is 6.05. The summed E-state index contributed by atoms with van der Waals surface area (Å²) in [5.74, 6) is 0. The Balaban J connectivity index is -0.000000196. The molecule has 2 aromatic rings. The second-order valence-corrected chi connectivity index (χ2v) is 20.4. The van der Waals surface area contributed by atoms with Crippen LogP contribution in [0.5, 0.6) is 0 Å². The van der Waals surface area contributed by atoms with Crippen molar-refractivity contribution in [2.45, 2.75) is 204 Å². The number of hydrogen-bond acceptors (Lipinski definition) is 14. The molecular weight excluding hydrogens is 985 g/mol. The first kappa shape index (κ1) is 80.4. The van der Waals surface area contributed by atoms with Crippen molar-refractivity contribution in [3.8, 4) is 0 Å². The van der Waals surface area contributed by atoms with Crippen LogP contribution in [0.2, 0.25) is 0 Å². The van der Waals surface area contributed by atoms with Crippen molar-refractivity contribution < 1.29 is 178 Å². The Morgan fingerprint density at radius 2 is 0.522 bits per heavy atom. The van der Waals surface area contributed by atoms with Crippen LogP contribution in [0.25, 0.3) is 0 Å². The van der Waals surface area contributed by atoms with Crippen LogP contribution in [0, 0.1) is 0 Å². The summed E-state index contributed by atoms with van der Waals surface area (Å²) >= 11 is 0. The molecule has 0 spiro atoms. The van der Waals surface area contributed by atoms with Gasteiger partial charge in [-0.15, -0.1) is 0 Å². The van der Waals surface area contributed by atoms with Gasteiger partial charge in [-0.2, -0.15) is 16.8 Å². The van der Waals surface area contributed by atoms with Crippen molar-refractivity contribution >= 4 is 41.0 Å². The molecule has 0 aliphatic rings. The van der Waals surface area contributed by atoms with Crippen molar-refractivity contribution in [1.29, 1.82) is 0 Å². The standard InChI is InChI=1S/C19H32O3S.C16H26O3S.C10H22O4S.4Na.H2O4S/c1-2-3-4-5-6-7-8-9-10-11-15-18-22-23(20,21)19-16-13-12-14-17-19;1-2-3-4-5-6-7-8-12-15-19-20(17,18)16-13-10-9-11-14-16;1-2-3-4-5-6-7-8-9-10-14-15(11,12)13;;;;;1-5(2,3)4/h12-14,16-17H,2-11,15,18H2,1H3;9-11,13-14H,2-8,12,15H2,1H3;2-10H2,1H3,(H,11,12,13);;;;;(H2,1,2,3,4)/q;;;4*+1;/p-3. The minimum absolute atomic E-state index is 0. The van der Waals surface area contributed by atoms with Crippen molar-refractivity contribution in [1.82, 2.24) is 0 Å². The second-order valence-electron chi connectivity index (χ2n) is 15.3. The van der Waals surface area contributed by atoms with Crippen LogP contribution in [-0.2, 0) is 53.6 Å². The zero-order valence-corrected chi connectivity index (χ0v) is 53.6. The minimum Gasteiger partial charge on any atom is -0.759 e. The third-order valence-corrected chi connectivity index (χ3v) is 12.6. The van der Waals surface area contributed by atoms with Gasteiger partial charge < -0.3 is 13.7 Å². The predicted molar refractivity (Wildman–Crippen MR) is 247 cm³/mol. The molecule has 0 amide bonds. The molecule has 0 radical (unpaired) electrons. The van der Waals surface area contributed by atoms with E-state index in [1.165, 1.54) is 128 Å². The topological polar surface area (TPSA) is 233 Å². The largest absolute Gasteiger partial charge is 1.00 e. The Kier molecular flexibility index (Phi) is 65.1. The molecule has 0 N–H and O–H groups in total. The van der Waals surface area contributed by atoms with Gasteiger partial charge in [0, 0.05) is 10.4 Å². The van der Waals surface area contributed by atoms with E-state index in [4.69, 9.17) is 25.9 Å². The normalized spacial score (nSPS) is 11.0. The molecule has 0 bridgehead atoms. The Bertz CT molecular complexity index is 1760. The summed E-state index contributed by atoms with van der Waals surface area (Å²) in [6.45, 7) is 7.24. The van der Waals surface area contributed by atoms with E-state index in [1.807, 2.05) is 0 Å². The summed E-state index contributed by atoms with van der Waals surface area (Å²) in [5, 5.41) is 0. The van der Waals surface area contributed by atoms with Gasteiger partial charge in [0.05, 0.1) is 29.6 Å². The molecule has 0 aliphatic heterocycles. The van der Waals surface area contributed by atoms with E-state index in [-0.39, 0.29) is 148 Å². The minimum atomic E-state index is -5.17. The number of benzene rings is 2. The van der Waals surface area contributed by atoms with Crippen molar-refractivity contribution in [3.63, 3.8) is 0 Å². The van der Waals surface area contributed by atoms with Gasteiger partial charge >= 0.3 is 118 Å². The van der Waals surface area contributed by atoms with Gasteiger partial charge in [0.15, 0.2) is 0 Å². The molecule has 67 heavy (non-hydrogen) atoms. The molecule has 0 aliphatic carbocycles. The smallest absolute Gasteiger partial charge is 0.759 e. The molecule has 14 nitrogen and oxygen atoms in total. The maximum absolute atomic E-state index is 11.9. The average Bonchev–Trinajstić information content (AvgIpc) is 3.23. The second kappa shape index (κ2) is 54.3. The van der Waals surface area contributed by atoms with E-state index >= 15 is 0 Å². The van der Waals surface area contributed by atoms with Gasteiger partial charge in [0.2, 0.25) is 10.4 Å². The zero-order valence-electron chi connectivity index (χ0n) is 42.3. The molecule has 0 atom stereocenters. The number of hydrogen-bond donors (Lipinski definition) is 0. The molecule has 0 saturated carbocycles. The van der Waals surface area contributed by atoms with Gasteiger partial charge in [0.25, 0.3) is 20.2 Å². The Morgan fingerprint density at radius 1 is 0.328 bits per heavy atom. The van der Waals surface area contributed by atoms with Crippen molar-refractivity contribution in [2.75, 3.05) is 19.8 Å². The SMILES string of the molecule is CCCCCCCCCCCCCOS(=O)(=O)c1ccccc1.CCCCCCCCCCOS(=O)(=O)[O-].CCCCCCCCCCOS(=O)(=O)c1ccccc1.O=S(=O)([O-])[O-].[Na+].[Na+].[Na+].[Na+]. The molecule has 0 aromatic heterocycles. The van der Waals surface area contributed by atoms with Gasteiger partial charge in [-0.3, -0.25) is 21.0 Å². The third-order valence-electron chi connectivity index (χ3n) is 9.51. The van der Waals surface area contributed by atoms with Crippen LogP contribution >= 0.6 is 0 Å². The summed E-state index contributed by atoms with van der Waals surface area (Å²) in [6, 6.07) is 16.6. The fourth-order valence-corrected chi connectivity index (χ4v) is 8.30. The van der Waals surface area contributed by atoms with Gasteiger partial charge in [0.1, 0.15) is 0 Å². The van der Waals surface area contributed by atoms with Crippen LogP contribution < -0.4 is 118 Å². The maximum atomic E-state index is 11.9. The van der Waals surface area contributed by atoms with E-state index in [0.29, 0.717) is 6.42 Å². The number of rotatable bonds is 35. The molecule has 370 valence electrons. The van der Waals surface area contributed by atoms with Crippen LogP contribution in [0.4, 0.5) is 0 Å². The quantitative estimate of drug-likeness (QED) is 0.0279. The molecule has 2 aromatic carbocycles. The van der Waals surface area contributed by atoms with E-state index in [2.05, 4.69) is 25.0 Å². The summed E-state index contributed by atoms with van der Waals surface area (Å²) in [7, 11) is -16.8. The summed E-state index contributed by atoms with van der Waals surface area (Å²) in [5.41, 5.74) is 0. The maximum Gasteiger partial charge on any atom is 1.00 e. The average molecular weight is 1060 g/mol. The van der Waals surface area contributed by atoms with Gasteiger partial charge in [-0.1, -0.05) is 211 Å². The molecule has 22 heteroatoms. The molecule has 0 unspecified atom stereocenters. The molecule has 2 rings (SSSR count). The van der Waals surface area contributed by atoms with E-state index in [1.54, 1.807) is 60.7 Å². The van der Waals surface area contributed by atoms with Crippen molar-refractivity contribution in [2.24, 2.45) is 0 Å². The third kappa shape index (κ3) is 62.2. The summed E-state index contributed by atoms with van der Waals surface area (Å²) in [4.78, 5) is 0.475. The Labute approximate surface area is 497 Å². The van der Waals surface area contributed by atoms with E-state index in [9.17, 15) is 29.8 Å². The van der Waals surface area contributed by atoms with E-state index in [0.717, 1.165) is 38.5 Å². The molecule has 0 saturated heterocycles. The Morgan fingerprint density at radius 3 is 0.731 bits per heavy atom.